The first-order valence-corrected chi connectivity index (χ1v) is 19.1. The van der Waals surface area contributed by atoms with Gasteiger partial charge in [-0.2, -0.15) is 0 Å². The van der Waals surface area contributed by atoms with Crippen molar-refractivity contribution in [2.45, 2.75) is 25.5 Å². The van der Waals surface area contributed by atoms with E-state index in [0.29, 0.717) is 0 Å². The third-order valence-electron chi connectivity index (χ3n) is 11.9. The number of anilines is 3. The molecule has 1 heterocycles. The zero-order valence-electron chi connectivity index (χ0n) is 30.8. The van der Waals surface area contributed by atoms with Crippen LogP contribution in [-0.2, 0) is 10.2 Å². The summed E-state index contributed by atoms with van der Waals surface area (Å²) < 4.78 is 6.57. The highest BCUT2D eigenvalue weighted by atomic mass is 16.5. The van der Waals surface area contributed by atoms with Gasteiger partial charge in [0.25, 0.3) is 0 Å². The Labute approximate surface area is 321 Å². The van der Waals surface area contributed by atoms with E-state index in [2.05, 4.69) is 200 Å². The van der Waals surface area contributed by atoms with Gasteiger partial charge in [0.2, 0.25) is 0 Å². The van der Waals surface area contributed by atoms with Gasteiger partial charge in [0, 0.05) is 44.6 Å². The molecule has 8 aromatic rings. The summed E-state index contributed by atoms with van der Waals surface area (Å²) in [6.45, 7) is 4.70. The van der Waals surface area contributed by atoms with Crippen molar-refractivity contribution in [1.82, 2.24) is 5.32 Å². The molecule has 3 aliphatic rings. The lowest BCUT2D eigenvalue weighted by molar-refractivity contribution is 0.175. The molecule has 0 spiro atoms. The van der Waals surface area contributed by atoms with Crippen molar-refractivity contribution >= 4 is 39.3 Å². The Morgan fingerprint density at radius 2 is 1.05 bits per heavy atom. The number of nitrogens with zero attached hydrogens (tertiary/aromatic N) is 1. The van der Waals surface area contributed by atoms with E-state index < -0.39 is 0 Å². The molecular weight excluding hydrogens is 669 g/mol. The van der Waals surface area contributed by atoms with E-state index in [1.54, 1.807) is 0 Å². The van der Waals surface area contributed by atoms with Gasteiger partial charge in [0.05, 0.1) is 5.70 Å². The molecule has 3 nitrogen and oxygen atoms in total. The van der Waals surface area contributed by atoms with Gasteiger partial charge in [0.1, 0.15) is 0 Å². The van der Waals surface area contributed by atoms with Crippen LogP contribution in [-0.4, -0.2) is 0 Å². The summed E-state index contributed by atoms with van der Waals surface area (Å²) in [7, 11) is 0. The van der Waals surface area contributed by atoms with Crippen LogP contribution in [0.5, 0.6) is 0 Å². The van der Waals surface area contributed by atoms with Crippen molar-refractivity contribution in [3.05, 3.63) is 210 Å². The number of hydrogen-bond donors (Lipinski definition) is 1. The fourth-order valence-electron chi connectivity index (χ4n) is 9.14. The summed E-state index contributed by atoms with van der Waals surface area (Å²) in [6.07, 6.45) is -0.189. The first-order valence-electron chi connectivity index (χ1n) is 19.1. The van der Waals surface area contributed by atoms with Crippen LogP contribution < -0.4 is 10.2 Å². The van der Waals surface area contributed by atoms with Crippen LogP contribution in [0.15, 0.2) is 182 Å². The highest BCUT2D eigenvalue weighted by Gasteiger charge is 2.37. The molecule has 0 aromatic heterocycles. The van der Waals surface area contributed by atoms with Gasteiger partial charge in [-0.1, -0.05) is 153 Å². The minimum atomic E-state index is -0.189. The Morgan fingerprint density at radius 3 is 1.82 bits per heavy atom. The molecule has 1 unspecified atom stereocenters. The van der Waals surface area contributed by atoms with E-state index in [1.165, 1.54) is 60.8 Å². The molecule has 11 rings (SSSR count). The predicted molar refractivity (Wildman–Crippen MR) is 227 cm³/mol. The maximum absolute atomic E-state index is 6.57. The van der Waals surface area contributed by atoms with Crippen molar-refractivity contribution < 1.29 is 4.74 Å². The molecule has 3 heteroatoms. The average molecular weight is 707 g/mol. The summed E-state index contributed by atoms with van der Waals surface area (Å²) in [5.74, 6) is 0.941. The summed E-state index contributed by atoms with van der Waals surface area (Å²) >= 11 is 0. The molecule has 0 radical (unpaired) electrons. The number of rotatable bonds is 6. The lowest BCUT2D eigenvalue weighted by atomic mass is 9.82. The first-order chi connectivity index (χ1) is 27.0. The monoisotopic (exact) mass is 706 g/mol. The molecule has 55 heavy (non-hydrogen) atoms. The predicted octanol–water partition coefficient (Wildman–Crippen LogP) is 13.4. The smallest absolute Gasteiger partial charge is 0.196 e. The van der Waals surface area contributed by atoms with Crippen LogP contribution >= 0.6 is 0 Å². The van der Waals surface area contributed by atoms with Crippen LogP contribution in [0.4, 0.5) is 17.1 Å². The van der Waals surface area contributed by atoms with E-state index in [-0.39, 0.29) is 11.6 Å². The molecule has 0 fully saturated rings. The van der Waals surface area contributed by atoms with Crippen LogP contribution in [0.2, 0.25) is 0 Å². The Bertz CT molecular complexity index is 2800. The minimum absolute atomic E-state index is 0.0948. The molecule has 0 amide bonds. The second-order valence-corrected chi connectivity index (χ2v) is 15.3. The molecule has 262 valence electrons. The molecule has 1 atom stereocenters. The number of ether oxygens (including phenoxy) is 1. The SMILES string of the molecule is CC1(C)c2ccccc2-c2ccc(N(c3ccc(-c4ccccc4)cc3)c3ccc(-c4ccc5c6c(cccc46)C4=C5OC(c5ccccc5)N4)cc3)cc21. The van der Waals surface area contributed by atoms with E-state index in [1.807, 2.05) is 6.07 Å². The van der Waals surface area contributed by atoms with E-state index >= 15 is 0 Å². The molecule has 0 bridgehead atoms. The van der Waals surface area contributed by atoms with Gasteiger partial charge < -0.3 is 15.0 Å². The highest BCUT2D eigenvalue weighted by Crippen LogP contribution is 2.52. The highest BCUT2D eigenvalue weighted by molar-refractivity contribution is 6.16. The van der Waals surface area contributed by atoms with Gasteiger partial charge in [-0.25, -0.2) is 0 Å². The van der Waals surface area contributed by atoms with Crippen molar-refractivity contribution in [2.75, 3.05) is 4.90 Å². The molecule has 0 saturated carbocycles. The van der Waals surface area contributed by atoms with Gasteiger partial charge in [-0.05, 0) is 92.4 Å². The lowest BCUT2D eigenvalue weighted by Crippen LogP contribution is -2.16. The summed E-state index contributed by atoms with van der Waals surface area (Å²) in [5.41, 5.74) is 18.0. The number of hydrogen-bond acceptors (Lipinski definition) is 3. The van der Waals surface area contributed by atoms with Gasteiger partial charge in [0.15, 0.2) is 12.0 Å². The molecule has 1 N–H and O–H groups in total. The van der Waals surface area contributed by atoms with Gasteiger partial charge in [-0.3, -0.25) is 0 Å². The maximum Gasteiger partial charge on any atom is 0.196 e. The lowest BCUT2D eigenvalue weighted by Gasteiger charge is -2.28. The second kappa shape index (κ2) is 12.1. The summed E-state index contributed by atoms with van der Waals surface area (Å²) in [5, 5.41) is 6.15. The van der Waals surface area contributed by atoms with Crippen molar-refractivity contribution in [3.63, 3.8) is 0 Å². The Kier molecular flexibility index (Phi) is 6.96. The number of benzene rings is 8. The largest absolute Gasteiger partial charge is 0.464 e. The molecular formula is C52H38N2O. The van der Waals surface area contributed by atoms with Crippen LogP contribution in [0.25, 0.3) is 55.6 Å². The molecule has 0 saturated heterocycles. The van der Waals surface area contributed by atoms with E-state index in [9.17, 15) is 0 Å². The van der Waals surface area contributed by atoms with Crippen LogP contribution in [0.1, 0.15) is 47.9 Å². The topological polar surface area (TPSA) is 24.5 Å². The second-order valence-electron chi connectivity index (χ2n) is 15.3. The van der Waals surface area contributed by atoms with Gasteiger partial charge in [-0.15, -0.1) is 0 Å². The summed E-state index contributed by atoms with van der Waals surface area (Å²) in [6, 6.07) is 66.0. The number of nitrogens with one attached hydrogen (secondary N) is 1. The van der Waals surface area contributed by atoms with E-state index in [0.717, 1.165) is 39.6 Å². The fourth-order valence-corrected chi connectivity index (χ4v) is 9.14. The minimum Gasteiger partial charge on any atom is -0.464 e. The molecule has 8 aromatic carbocycles. The third kappa shape index (κ3) is 4.90. The zero-order valence-corrected chi connectivity index (χ0v) is 30.8. The maximum atomic E-state index is 6.57. The number of fused-ring (bicyclic) bond motifs is 5. The van der Waals surface area contributed by atoms with Crippen LogP contribution in [0.3, 0.4) is 0 Å². The van der Waals surface area contributed by atoms with Crippen molar-refractivity contribution in [2.24, 2.45) is 0 Å². The average Bonchev–Trinajstić information content (AvgIpc) is 3.88. The molecule has 2 aliphatic carbocycles. The van der Waals surface area contributed by atoms with Crippen molar-refractivity contribution in [3.8, 4) is 33.4 Å². The van der Waals surface area contributed by atoms with Crippen LogP contribution in [0, 0.1) is 0 Å². The van der Waals surface area contributed by atoms with E-state index in [4.69, 9.17) is 4.74 Å². The third-order valence-corrected chi connectivity index (χ3v) is 11.9. The summed E-state index contributed by atoms with van der Waals surface area (Å²) in [4.78, 5) is 2.39. The Morgan fingerprint density at radius 1 is 0.473 bits per heavy atom. The first kappa shape index (κ1) is 31.7. The standard InChI is InChI=1S/C52H38N2O/c1-52(2)46-19-10-9-16-41(46)42-29-28-39(32-47(42)52)54(37-24-20-34(21-25-37)33-12-5-3-6-13-33)38-26-22-35(23-27-38)40-30-31-45-48-43(40)17-11-18-44(48)49-50(45)55-51(53-49)36-14-7-4-8-15-36/h3-32,51,53H,1-2H3. The Balaban J connectivity index is 0.976. The fraction of sp³-hybridized carbons (Fsp3) is 0.0769. The zero-order chi connectivity index (χ0) is 36.7. The normalized spacial score (nSPS) is 15.6. The Hall–Kier alpha value is -6.84. The van der Waals surface area contributed by atoms with Gasteiger partial charge >= 0.3 is 0 Å². The molecule has 1 aliphatic heterocycles. The quantitative estimate of drug-likeness (QED) is 0.186. The van der Waals surface area contributed by atoms with Crippen molar-refractivity contribution in [1.29, 1.82) is 0 Å².